The van der Waals surface area contributed by atoms with Gasteiger partial charge in [-0.15, -0.1) is 22.7 Å². The molecule has 10 nitrogen and oxygen atoms in total. The Labute approximate surface area is 315 Å². The summed E-state index contributed by atoms with van der Waals surface area (Å²) in [5, 5.41) is 6.74. The third kappa shape index (κ3) is 7.74. The maximum Gasteiger partial charge on any atom is 0.272 e. The Hall–Kier alpha value is -3.14. The van der Waals surface area contributed by atoms with Gasteiger partial charge in [0.25, 0.3) is 20.0 Å². The van der Waals surface area contributed by atoms with Crippen molar-refractivity contribution >= 4 is 74.5 Å². The van der Waals surface area contributed by atoms with Gasteiger partial charge in [0.1, 0.15) is 0 Å². The zero-order valence-electron chi connectivity index (χ0n) is 29.9. The van der Waals surface area contributed by atoms with Gasteiger partial charge < -0.3 is 10.6 Å². The Morgan fingerprint density at radius 3 is 1.35 bits per heavy atom. The van der Waals surface area contributed by atoms with Crippen molar-refractivity contribution in [3.8, 4) is 0 Å². The molecule has 2 saturated carbocycles. The summed E-state index contributed by atoms with van der Waals surface area (Å²) < 4.78 is 62.0. The molecule has 0 saturated heterocycles. The summed E-state index contributed by atoms with van der Waals surface area (Å²) in [6.07, 6.45) is 11.1. The molecule has 2 aliphatic carbocycles. The Kier molecular flexibility index (Phi) is 11.5. The molecule has 5 aromatic rings. The minimum Gasteiger partial charge on any atom is -0.371 e. The lowest BCUT2D eigenvalue weighted by molar-refractivity contribution is 0.263. The fourth-order valence-electron chi connectivity index (χ4n) is 7.57. The zero-order valence-corrected chi connectivity index (χ0v) is 33.1. The molecule has 0 amide bonds. The molecule has 14 heteroatoms. The van der Waals surface area contributed by atoms with Crippen molar-refractivity contribution in [3.63, 3.8) is 0 Å². The monoisotopic (exact) mass is 780 g/mol. The number of para-hydroxylation sites is 2. The van der Waals surface area contributed by atoms with E-state index in [1.54, 1.807) is 8.61 Å². The number of nitrogens with zero attached hydrogens (tertiary/aromatic N) is 4. The van der Waals surface area contributed by atoms with E-state index < -0.39 is 20.0 Å². The number of hydrogen-bond donors (Lipinski definition) is 2. The molecule has 0 atom stereocenters. The first kappa shape index (κ1) is 37.2. The molecular formula is C38H48N6O4S4. The topological polar surface area (TPSA) is 125 Å². The summed E-state index contributed by atoms with van der Waals surface area (Å²) in [5.74, 6) is 0. The minimum absolute atomic E-state index is 0.0958. The normalized spacial score (nSPS) is 16.7. The number of aryl methyl sites for hydroxylation is 2. The van der Waals surface area contributed by atoms with E-state index in [1.807, 2.05) is 60.7 Å². The molecule has 0 aliphatic heterocycles. The van der Waals surface area contributed by atoms with Gasteiger partial charge in [-0.1, -0.05) is 76.6 Å². The molecule has 2 aliphatic rings. The summed E-state index contributed by atoms with van der Waals surface area (Å²) in [4.78, 5) is 9.33. The van der Waals surface area contributed by atoms with Crippen molar-refractivity contribution in [1.29, 1.82) is 0 Å². The third-order valence-corrected chi connectivity index (χ3v) is 17.1. The van der Waals surface area contributed by atoms with Crippen LogP contribution in [0.2, 0.25) is 0 Å². The van der Waals surface area contributed by atoms with E-state index >= 15 is 0 Å². The zero-order chi connectivity index (χ0) is 36.3. The van der Waals surface area contributed by atoms with E-state index in [-0.39, 0.29) is 34.1 Å². The number of fused-ring (bicyclic) bond motifs is 2. The van der Waals surface area contributed by atoms with Crippen molar-refractivity contribution in [3.05, 3.63) is 71.8 Å². The van der Waals surface area contributed by atoms with Gasteiger partial charge in [-0.05, 0) is 86.1 Å². The average molecular weight is 781 g/mol. The SMILES string of the molecule is CCc1cccc2sc(S(=O)(=O)N(CNc3ccc(NCN(C4CCCCC4)S(=O)(=O)c4nc5c(CC)cccc5s4)cc3)C3CCCCC3)nc12. The number of rotatable bonds is 14. The number of nitrogens with one attached hydrogen (secondary N) is 2. The smallest absolute Gasteiger partial charge is 0.272 e. The number of anilines is 2. The van der Waals surface area contributed by atoms with Gasteiger partial charge in [0.2, 0.25) is 8.68 Å². The minimum atomic E-state index is -3.85. The van der Waals surface area contributed by atoms with E-state index in [4.69, 9.17) is 0 Å². The van der Waals surface area contributed by atoms with E-state index in [2.05, 4.69) is 34.4 Å². The Balaban J connectivity index is 1.07. The molecule has 278 valence electrons. The number of benzene rings is 3. The molecule has 2 heterocycles. The highest BCUT2D eigenvalue weighted by Crippen LogP contribution is 2.35. The molecule has 7 rings (SSSR count). The standard InChI is InChI=1S/C38H48N6O4S4/c1-3-27-13-11-19-33-35(27)41-37(49-33)51(45,46)43(31-15-7-5-8-16-31)25-39-29-21-23-30(24-22-29)40-26-44(32-17-9-6-10-18-32)52(47,48)38-42-36-28(4-2)14-12-20-34(36)50-38/h11-14,19-24,31-32,39-40H,3-10,15-18,25-26H2,1-2H3. The van der Waals surface area contributed by atoms with Crippen LogP contribution < -0.4 is 10.6 Å². The fourth-order valence-corrected chi connectivity index (χ4v) is 13.5. The molecule has 2 fully saturated rings. The van der Waals surface area contributed by atoms with Crippen molar-refractivity contribution in [2.75, 3.05) is 24.0 Å². The van der Waals surface area contributed by atoms with Crippen LogP contribution in [0.5, 0.6) is 0 Å². The van der Waals surface area contributed by atoms with E-state index in [0.717, 1.165) is 120 Å². The molecule has 3 aromatic carbocycles. The van der Waals surface area contributed by atoms with Gasteiger partial charge in [0.15, 0.2) is 0 Å². The predicted octanol–water partition coefficient (Wildman–Crippen LogP) is 8.82. The molecule has 2 aromatic heterocycles. The summed E-state index contributed by atoms with van der Waals surface area (Å²) in [7, 11) is -7.69. The van der Waals surface area contributed by atoms with Crippen LogP contribution in [-0.4, -0.2) is 60.8 Å². The van der Waals surface area contributed by atoms with E-state index in [0.29, 0.717) is 0 Å². The van der Waals surface area contributed by atoms with Crippen LogP contribution in [-0.2, 0) is 32.9 Å². The second-order valence-corrected chi connectivity index (χ2v) is 20.0. The van der Waals surface area contributed by atoms with E-state index in [1.165, 1.54) is 22.7 Å². The van der Waals surface area contributed by atoms with Gasteiger partial charge in [0.05, 0.1) is 33.8 Å². The highest BCUT2D eigenvalue weighted by molar-refractivity contribution is 7.91. The Morgan fingerprint density at radius 2 is 0.981 bits per heavy atom. The van der Waals surface area contributed by atoms with Crippen LogP contribution in [0.1, 0.15) is 89.2 Å². The van der Waals surface area contributed by atoms with Crippen molar-refractivity contribution < 1.29 is 16.8 Å². The van der Waals surface area contributed by atoms with Gasteiger partial charge >= 0.3 is 0 Å². The third-order valence-electron chi connectivity index (χ3n) is 10.5. The summed E-state index contributed by atoms with van der Waals surface area (Å²) >= 11 is 2.49. The van der Waals surface area contributed by atoms with Gasteiger partial charge in [0, 0.05) is 23.5 Å². The first-order valence-electron chi connectivity index (χ1n) is 18.6. The van der Waals surface area contributed by atoms with Crippen LogP contribution in [0, 0.1) is 0 Å². The molecule has 2 N–H and O–H groups in total. The lowest BCUT2D eigenvalue weighted by Crippen LogP contribution is -2.44. The van der Waals surface area contributed by atoms with Gasteiger partial charge in [-0.25, -0.2) is 26.8 Å². The van der Waals surface area contributed by atoms with Crippen molar-refractivity contribution in [1.82, 2.24) is 18.6 Å². The number of sulfonamides is 2. The summed E-state index contributed by atoms with van der Waals surface area (Å²) in [5.41, 5.74) is 5.19. The van der Waals surface area contributed by atoms with Gasteiger partial charge in [-0.2, -0.15) is 8.61 Å². The number of hydrogen-bond acceptors (Lipinski definition) is 10. The summed E-state index contributed by atoms with van der Waals surface area (Å²) in [6, 6.07) is 19.2. The molecular weight excluding hydrogens is 733 g/mol. The van der Waals surface area contributed by atoms with Crippen LogP contribution in [0.25, 0.3) is 20.4 Å². The molecule has 52 heavy (non-hydrogen) atoms. The summed E-state index contributed by atoms with van der Waals surface area (Å²) in [6.45, 7) is 4.38. The van der Waals surface area contributed by atoms with Crippen molar-refractivity contribution in [2.45, 2.75) is 112 Å². The van der Waals surface area contributed by atoms with Crippen LogP contribution in [0.4, 0.5) is 11.4 Å². The van der Waals surface area contributed by atoms with E-state index in [9.17, 15) is 16.8 Å². The highest BCUT2D eigenvalue weighted by Gasteiger charge is 2.36. The highest BCUT2D eigenvalue weighted by atomic mass is 32.3. The maximum atomic E-state index is 14.2. The Morgan fingerprint density at radius 1 is 0.596 bits per heavy atom. The second-order valence-electron chi connectivity index (χ2n) is 13.8. The Bertz CT molecular complexity index is 2050. The molecule has 0 bridgehead atoms. The lowest BCUT2D eigenvalue weighted by atomic mass is 9.96. The maximum absolute atomic E-state index is 14.2. The first-order chi connectivity index (χ1) is 25.2. The number of thiazole rings is 2. The molecule has 0 radical (unpaired) electrons. The van der Waals surface area contributed by atoms with Crippen LogP contribution in [0.3, 0.4) is 0 Å². The fraction of sp³-hybridized carbons (Fsp3) is 0.474. The molecule has 0 unspecified atom stereocenters. The first-order valence-corrected chi connectivity index (χ1v) is 23.1. The largest absolute Gasteiger partial charge is 0.371 e. The quantitative estimate of drug-likeness (QED) is 0.107. The van der Waals surface area contributed by atoms with Gasteiger partial charge in [-0.3, -0.25) is 0 Å². The van der Waals surface area contributed by atoms with Crippen LogP contribution in [0.15, 0.2) is 69.3 Å². The van der Waals surface area contributed by atoms with Crippen molar-refractivity contribution in [2.24, 2.45) is 0 Å². The van der Waals surface area contributed by atoms with Crippen LogP contribution >= 0.6 is 22.7 Å². The second kappa shape index (κ2) is 16.1. The average Bonchev–Trinajstić information content (AvgIpc) is 3.83. The number of aromatic nitrogens is 2. The predicted molar refractivity (Wildman–Crippen MR) is 213 cm³/mol. The molecule has 0 spiro atoms. The lowest BCUT2D eigenvalue weighted by Gasteiger charge is -2.33.